The number of hydrogen-bond acceptors (Lipinski definition) is 6. The van der Waals surface area contributed by atoms with Crippen molar-refractivity contribution in [3.05, 3.63) is 76.8 Å². The molecule has 0 fully saturated rings. The standard InChI is InChI=1S/C25H21ClN4O3S/c1-15-10-16(2)23(19(26)11-15)27-22(31)13-34-25-29-28-24(30(25)18-6-4-3-5-7-18)17-8-9-20-21(12-17)33-14-32-20/h3-12H,13-14H2,1-2H3,(H,27,31). The molecule has 34 heavy (non-hydrogen) atoms. The molecule has 2 heterocycles. The lowest BCUT2D eigenvalue weighted by atomic mass is 10.1. The van der Waals surface area contributed by atoms with Crippen LogP contribution in [0.2, 0.25) is 5.02 Å². The molecule has 7 nitrogen and oxygen atoms in total. The normalized spacial score (nSPS) is 12.1. The Morgan fingerprint density at radius 1 is 1.06 bits per heavy atom. The third-order valence-corrected chi connectivity index (χ3v) is 6.53. The Kier molecular flexibility index (Phi) is 6.17. The van der Waals surface area contributed by atoms with Crippen molar-refractivity contribution in [3.8, 4) is 28.6 Å². The maximum Gasteiger partial charge on any atom is 0.234 e. The Labute approximate surface area is 206 Å². The van der Waals surface area contributed by atoms with Crippen molar-refractivity contribution in [1.82, 2.24) is 14.8 Å². The number of aromatic nitrogens is 3. The number of carbonyl (C=O) groups excluding carboxylic acids is 1. The first-order valence-electron chi connectivity index (χ1n) is 10.6. The second-order valence-corrected chi connectivity index (χ2v) is 9.17. The summed E-state index contributed by atoms with van der Waals surface area (Å²) in [4.78, 5) is 12.7. The number of hydrogen-bond donors (Lipinski definition) is 1. The van der Waals surface area contributed by atoms with Gasteiger partial charge in [0, 0.05) is 11.3 Å². The Balaban J connectivity index is 1.42. The second-order valence-electron chi connectivity index (χ2n) is 7.82. The van der Waals surface area contributed by atoms with Gasteiger partial charge in [0.15, 0.2) is 22.5 Å². The summed E-state index contributed by atoms with van der Waals surface area (Å²) in [7, 11) is 0. The highest BCUT2D eigenvalue weighted by atomic mass is 35.5. The first kappa shape index (κ1) is 22.3. The lowest BCUT2D eigenvalue weighted by Gasteiger charge is -2.12. The number of thioether (sulfide) groups is 1. The minimum absolute atomic E-state index is 0.149. The fourth-order valence-electron chi connectivity index (χ4n) is 3.78. The van der Waals surface area contributed by atoms with Gasteiger partial charge in [0.05, 0.1) is 16.5 Å². The van der Waals surface area contributed by atoms with Crippen molar-refractivity contribution in [2.24, 2.45) is 0 Å². The summed E-state index contributed by atoms with van der Waals surface area (Å²) in [6, 6.07) is 19.3. The van der Waals surface area contributed by atoms with Crippen LogP contribution in [-0.2, 0) is 4.79 Å². The van der Waals surface area contributed by atoms with Gasteiger partial charge in [-0.05, 0) is 61.4 Å². The van der Waals surface area contributed by atoms with Gasteiger partial charge < -0.3 is 14.8 Å². The molecule has 0 aliphatic carbocycles. The predicted molar refractivity (Wildman–Crippen MR) is 133 cm³/mol. The second kappa shape index (κ2) is 9.40. The molecule has 0 radical (unpaired) electrons. The lowest BCUT2D eigenvalue weighted by molar-refractivity contribution is -0.113. The molecule has 9 heteroatoms. The number of anilines is 1. The molecule has 0 atom stereocenters. The Bertz CT molecular complexity index is 1350. The lowest BCUT2D eigenvalue weighted by Crippen LogP contribution is -2.16. The van der Waals surface area contributed by atoms with Crippen LogP contribution in [0.3, 0.4) is 0 Å². The van der Waals surface area contributed by atoms with Crippen molar-refractivity contribution in [2.75, 3.05) is 17.9 Å². The number of rotatable bonds is 6. The first-order chi connectivity index (χ1) is 16.5. The number of carbonyl (C=O) groups is 1. The average molecular weight is 493 g/mol. The summed E-state index contributed by atoms with van der Waals surface area (Å²) in [6.07, 6.45) is 0. The number of nitrogens with zero attached hydrogens (tertiary/aromatic N) is 3. The fourth-order valence-corrected chi connectivity index (χ4v) is 4.90. The number of aryl methyl sites for hydroxylation is 2. The van der Waals surface area contributed by atoms with Crippen LogP contribution in [0.25, 0.3) is 17.1 Å². The van der Waals surface area contributed by atoms with Gasteiger partial charge in [-0.25, -0.2) is 0 Å². The number of amides is 1. The molecule has 5 rings (SSSR count). The largest absolute Gasteiger partial charge is 0.454 e. The van der Waals surface area contributed by atoms with E-state index in [1.807, 2.05) is 79.1 Å². The minimum Gasteiger partial charge on any atom is -0.454 e. The van der Waals surface area contributed by atoms with Gasteiger partial charge in [-0.1, -0.05) is 47.6 Å². The zero-order chi connectivity index (χ0) is 23.7. The van der Waals surface area contributed by atoms with Gasteiger partial charge in [0.2, 0.25) is 12.7 Å². The summed E-state index contributed by atoms with van der Waals surface area (Å²) in [5.41, 5.74) is 4.31. The van der Waals surface area contributed by atoms with E-state index in [2.05, 4.69) is 15.5 Å². The van der Waals surface area contributed by atoms with Crippen LogP contribution in [0.5, 0.6) is 11.5 Å². The molecule has 0 spiro atoms. The van der Waals surface area contributed by atoms with Crippen molar-refractivity contribution in [1.29, 1.82) is 0 Å². The van der Waals surface area contributed by atoms with Crippen LogP contribution in [0.4, 0.5) is 5.69 Å². The van der Waals surface area contributed by atoms with Crippen LogP contribution >= 0.6 is 23.4 Å². The van der Waals surface area contributed by atoms with E-state index in [0.29, 0.717) is 33.2 Å². The molecule has 1 amide bonds. The molecular formula is C25H21ClN4O3S. The third-order valence-electron chi connectivity index (χ3n) is 5.31. The SMILES string of the molecule is Cc1cc(C)c(NC(=O)CSc2nnc(-c3ccc4c(c3)OCO4)n2-c2ccccc2)c(Cl)c1. The van der Waals surface area contributed by atoms with E-state index in [1.54, 1.807) is 0 Å². The fraction of sp³-hybridized carbons (Fsp3) is 0.160. The van der Waals surface area contributed by atoms with E-state index in [1.165, 1.54) is 11.8 Å². The van der Waals surface area contributed by atoms with E-state index in [0.717, 1.165) is 22.4 Å². The molecule has 3 aromatic carbocycles. The van der Waals surface area contributed by atoms with Crippen LogP contribution in [-0.4, -0.2) is 33.2 Å². The van der Waals surface area contributed by atoms with Crippen LogP contribution < -0.4 is 14.8 Å². The van der Waals surface area contributed by atoms with Crippen molar-refractivity contribution < 1.29 is 14.3 Å². The van der Waals surface area contributed by atoms with Crippen molar-refractivity contribution in [3.63, 3.8) is 0 Å². The molecule has 172 valence electrons. The smallest absolute Gasteiger partial charge is 0.234 e. The molecule has 1 N–H and O–H groups in total. The molecule has 0 saturated heterocycles. The van der Waals surface area contributed by atoms with Gasteiger partial charge in [-0.2, -0.15) is 0 Å². The van der Waals surface area contributed by atoms with Gasteiger partial charge >= 0.3 is 0 Å². The highest BCUT2D eigenvalue weighted by Gasteiger charge is 2.21. The molecule has 0 saturated carbocycles. The number of para-hydroxylation sites is 1. The zero-order valence-corrected chi connectivity index (χ0v) is 20.1. The number of halogens is 1. The quantitative estimate of drug-likeness (QED) is 0.350. The number of benzene rings is 3. The molecule has 4 aromatic rings. The Morgan fingerprint density at radius 2 is 1.85 bits per heavy atom. The molecular weight excluding hydrogens is 472 g/mol. The maximum absolute atomic E-state index is 12.7. The van der Waals surface area contributed by atoms with Gasteiger partial charge in [0.1, 0.15) is 0 Å². The summed E-state index contributed by atoms with van der Waals surface area (Å²) in [5, 5.41) is 12.9. The summed E-state index contributed by atoms with van der Waals surface area (Å²) >= 11 is 7.65. The predicted octanol–water partition coefficient (Wildman–Crippen LogP) is 5.66. The number of fused-ring (bicyclic) bond motifs is 1. The molecule has 0 bridgehead atoms. The Hall–Kier alpha value is -3.49. The highest BCUT2D eigenvalue weighted by molar-refractivity contribution is 7.99. The van der Waals surface area contributed by atoms with Crippen LogP contribution in [0, 0.1) is 13.8 Å². The highest BCUT2D eigenvalue weighted by Crippen LogP contribution is 2.37. The van der Waals surface area contributed by atoms with Gasteiger partial charge in [-0.3, -0.25) is 9.36 Å². The summed E-state index contributed by atoms with van der Waals surface area (Å²) in [5.74, 6) is 1.98. The van der Waals surface area contributed by atoms with Crippen molar-refractivity contribution in [2.45, 2.75) is 19.0 Å². The van der Waals surface area contributed by atoms with E-state index in [-0.39, 0.29) is 18.5 Å². The Morgan fingerprint density at radius 3 is 2.65 bits per heavy atom. The zero-order valence-electron chi connectivity index (χ0n) is 18.5. The molecule has 1 aliphatic rings. The minimum atomic E-state index is -0.175. The van der Waals surface area contributed by atoms with Gasteiger partial charge in [-0.15, -0.1) is 10.2 Å². The van der Waals surface area contributed by atoms with Gasteiger partial charge in [0.25, 0.3) is 0 Å². The summed E-state index contributed by atoms with van der Waals surface area (Å²) in [6.45, 7) is 4.09. The molecule has 0 unspecified atom stereocenters. The average Bonchev–Trinajstić information content (AvgIpc) is 3.47. The molecule has 1 aliphatic heterocycles. The van der Waals surface area contributed by atoms with E-state index < -0.39 is 0 Å². The topological polar surface area (TPSA) is 78.3 Å². The van der Waals surface area contributed by atoms with E-state index in [9.17, 15) is 4.79 Å². The first-order valence-corrected chi connectivity index (χ1v) is 12.0. The van der Waals surface area contributed by atoms with Crippen molar-refractivity contribution >= 4 is 35.0 Å². The van der Waals surface area contributed by atoms with E-state index >= 15 is 0 Å². The number of ether oxygens (including phenoxy) is 2. The number of nitrogens with one attached hydrogen (secondary N) is 1. The third kappa shape index (κ3) is 4.47. The maximum atomic E-state index is 12.7. The van der Waals surface area contributed by atoms with Crippen LogP contribution in [0.1, 0.15) is 11.1 Å². The van der Waals surface area contributed by atoms with E-state index in [4.69, 9.17) is 21.1 Å². The monoisotopic (exact) mass is 492 g/mol. The molecule has 1 aromatic heterocycles. The van der Waals surface area contributed by atoms with Crippen LogP contribution in [0.15, 0.2) is 65.8 Å². The summed E-state index contributed by atoms with van der Waals surface area (Å²) < 4.78 is 12.9.